The molecule has 1 saturated heterocycles. The molecule has 0 unspecified atom stereocenters. The van der Waals surface area contributed by atoms with Crippen molar-refractivity contribution in [2.24, 2.45) is 0 Å². The topological polar surface area (TPSA) is 33.3 Å². The van der Waals surface area contributed by atoms with Crippen LogP contribution in [0.4, 0.5) is 0 Å². The Hall–Kier alpha value is -1.84. The number of piperidine rings is 1. The molecule has 0 radical (unpaired) electrons. The van der Waals surface area contributed by atoms with Gasteiger partial charge in [-0.1, -0.05) is 63.2 Å². The average molecular weight is 367 g/mol. The number of ether oxygens (including phenoxy) is 1. The van der Waals surface area contributed by atoms with E-state index in [1.54, 1.807) is 7.11 Å². The van der Waals surface area contributed by atoms with Gasteiger partial charge in [0.2, 0.25) is 0 Å². The van der Waals surface area contributed by atoms with Crippen LogP contribution in [0.3, 0.4) is 0 Å². The molecular formula is C24H34N2O. The standard InChI is InChI=1S/C24H34N2O/c1-23(2,3)20-13-14-21(27-5)18(16-20)17-25-22-12-9-15-26-24(22,4)19-10-7-6-8-11-19/h6-8,10-11,13-14,16,22,25-26H,9,12,15,17H2,1-5H3/t22-,24-/m1/s1. The van der Waals surface area contributed by atoms with Crippen LogP contribution >= 0.6 is 0 Å². The van der Waals surface area contributed by atoms with Crippen LogP contribution in [0, 0.1) is 0 Å². The van der Waals surface area contributed by atoms with Gasteiger partial charge < -0.3 is 15.4 Å². The first-order valence-corrected chi connectivity index (χ1v) is 10.1. The molecule has 2 atom stereocenters. The highest BCUT2D eigenvalue weighted by Gasteiger charge is 2.37. The van der Waals surface area contributed by atoms with Crippen LogP contribution in [-0.2, 0) is 17.5 Å². The third-order valence-corrected chi connectivity index (χ3v) is 5.92. The molecule has 1 fully saturated rings. The van der Waals surface area contributed by atoms with Crippen molar-refractivity contribution in [1.29, 1.82) is 0 Å². The Kier molecular flexibility index (Phi) is 5.92. The summed E-state index contributed by atoms with van der Waals surface area (Å²) in [6, 6.07) is 17.8. The van der Waals surface area contributed by atoms with E-state index in [1.165, 1.54) is 29.5 Å². The minimum absolute atomic E-state index is 0.0611. The molecule has 1 aliphatic heterocycles. The summed E-state index contributed by atoms with van der Waals surface area (Å²) in [6.45, 7) is 11.0. The lowest BCUT2D eigenvalue weighted by molar-refractivity contribution is 0.201. The maximum atomic E-state index is 5.63. The van der Waals surface area contributed by atoms with E-state index in [1.807, 2.05) is 0 Å². The van der Waals surface area contributed by atoms with Gasteiger partial charge in [0.05, 0.1) is 12.6 Å². The third kappa shape index (κ3) is 4.36. The molecule has 0 aromatic heterocycles. The number of hydrogen-bond donors (Lipinski definition) is 2. The van der Waals surface area contributed by atoms with Gasteiger partial charge in [-0.3, -0.25) is 0 Å². The Morgan fingerprint density at radius 3 is 2.56 bits per heavy atom. The van der Waals surface area contributed by atoms with Gasteiger partial charge >= 0.3 is 0 Å². The molecule has 27 heavy (non-hydrogen) atoms. The molecule has 2 aromatic carbocycles. The minimum Gasteiger partial charge on any atom is -0.496 e. The van der Waals surface area contributed by atoms with Crippen LogP contribution in [0.25, 0.3) is 0 Å². The number of methoxy groups -OCH3 is 1. The van der Waals surface area contributed by atoms with Crippen molar-refractivity contribution in [2.75, 3.05) is 13.7 Å². The molecular weight excluding hydrogens is 332 g/mol. The first kappa shape index (κ1) is 19.9. The normalized spacial score (nSPS) is 23.2. The number of nitrogens with one attached hydrogen (secondary N) is 2. The van der Waals surface area contributed by atoms with Gasteiger partial charge in [-0.25, -0.2) is 0 Å². The Morgan fingerprint density at radius 1 is 1.15 bits per heavy atom. The van der Waals surface area contributed by atoms with E-state index in [2.05, 4.69) is 86.9 Å². The lowest BCUT2D eigenvalue weighted by Gasteiger charge is -2.43. The quantitative estimate of drug-likeness (QED) is 0.801. The van der Waals surface area contributed by atoms with Gasteiger partial charge in [0, 0.05) is 18.2 Å². The summed E-state index contributed by atoms with van der Waals surface area (Å²) >= 11 is 0. The summed E-state index contributed by atoms with van der Waals surface area (Å²) in [6.07, 6.45) is 2.36. The molecule has 1 aliphatic rings. The molecule has 2 N–H and O–H groups in total. The molecule has 0 aliphatic carbocycles. The first-order chi connectivity index (χ1) is 12.8. The SMILES string of the molecule is COc1ccc(C(C)(C)C)cc1CN[C@@H]1CCCN[C@]1(C)c1ccccc1. The van der Waals surface area contributed by atoms with Gasteiger partial charge in [-0.15, -0.1) is 0 Å². The molecule has 1 heterocycles. The molecule has 0 amide bonds. The highest BCUT2D eigenvalue weighted by molar-refractivity contribution is 5.40. The zero-order chi connectivity index (χ0) is 19.5. The van der Waals surface area contributed by atoms with E-state index in [9.17, 15) is 0 Å². The van der Waals surface area contributed by atoms with Gasteiger partial charge in [0.15, 0.2) is 0 Å². The zero-order valence-corrected chi connectivity index (χ0v) is 17.4. The maximum Gasteiger partial charge on any atom is 0.123 e. The third-order valence-electron chi connectivity index (χ3n) is 5.92. The van der Waals surface area contributed by atoms with Gasteiger partial charge in [-0.05, 0) is 48.9 Å². The van der Waals surface area contributed by atoms with E-state index in [0.717, 1.165) is 18.8 Å². The van der Waals surface area contributed by atoms with Gasteiger partial charge in [-0.2, -0.15) is 0 Å². The van der Waals surface area contributed by atoms with Crippen LogP contribution in [0.2, 0.25) is 0 Å². The molecule has 3 nitrogen and oxygen atoms in total. The lowest BCUT2D eigenvalue weighted by Crippen LogP contribution is -2.58. The smallest absolute Gasteiger partial charge is 0.123 e. The monoisotopic (exact) mass is 366 g/mol. The van der Waals surface area contributed by atoms with Crippen molar-refractivity contribution in [1.82, 2.24) is 10.6 Å². The number of hydrogen-bond acceptors (Lipinski definition) is 3. The van der Waals surface area contributed by atoms with E-state index < -0.39 is 0 Å². The maximum absolute atomic E-state index is 5.63. The summed E-state index contributed by atoms with van der Waals surface area (Å²) in [5, 5.41) is 7.61. The lowest BCUT2D eigenvalue weighted by atomic mass is 9.79. The molecule has 0 saturated carbocycles. The molecule has 2 aromatic rings. The second-order valence-corrected chi connectivity index (χ2v) is 8.85. The van der Waals surface area contributed by atoms with Crippen LogP contribution in [0.15, 0.2) is 48.5 Å². The Labute approximate surface area is 164 Å². The zero-order valence-electron chi connectivity index (χ0n) is 17.4. The van der Waals surface area contributed by atoms with E-state index in [-0.39, 0.29) is 11.0 Å². The summed E-state index contributed by atoms with van der Waals surface area (Å²) in [5.41, 5.74) is 3.98. The van der Waals surface area contributed by atoms with Crippen molar-refractivity contribution in [3.05, 3.63) is 65.2 Å². The average Bonchev–Trinajstić information content (AvgIpc) is 2.67. The predicted octanol–water partition coefficient (Wildman–Crippen LogP) is 4.75. The molecule has 146 valence electrons. The fourth-order valence-corrected chi connectivity index (χ4v) is 4.08. The van der Waals surface area contributed by atoms with Crippen LogP contribution in [-0.4, -0.2) is 19.7 Å². The van der Waals surface area contributed by atoms with Crippen LogP contribution < -0.4 is 15.4 Å². The molecule has 0 bridgehead atoms. The summed E-state index contributed by atoms with van der Waals surface area (Å²) in [5.74, 6) is 0.959. The van der Waals surface area contributed by atoms with Gasteiger partial charge in [0.25, 0.3) is 0 Å². The van der Waals surface area contributed by atoms with Crippen molar-refractivity contribution >= 4 is 0 Å². The largest absolute Gasteiger partial charge is 0.496 e. The summed E-state index contributed by atoms with van der Waals surface area (Å²) in [4.78, 5) is 0. The van der Waals surface area contributed by atoms with Crippen molar-refractivity contribution in [3.63, 3.8) is 0 Å². The van der Waals surface area contributed by atoms with E-state index in [4.69, 9.17) is 4.74 Å². The van der Waals surface area contributed by atoms with Crippen molar-refractivity contribution < 1.29 is 4.74 Å². The first-order valence-electron chi connectivity index (χ1n) is 10.1. The number of benzene rings is 2. The van der Waals surface area contributed by atoms with Crippen LogP contribution in [0.5, 0.6) is 5.75 Å². The second-order valence-electron chi connectivity index (χ2n) is 8.85. The van der Waals surface area contributed by atoms with E-state index in [0.29, 0.717) is 6.04 Å². The number of rotatable bonds is 5. The highest BCUT2D eigenvalue weighted by Crippen LogP contribution is 2.32. The fourth-order valence-electron chi connectivity index (χ4n) is 4.08. The second kappa shape index (κ2) is 8.04. The Balaban J connectivity index is 1.82. The Morgan fingerprint density at radius 2 is 1.89 bits per heavy atom. The summed E-state index contributed by atoms with van der Waals surface area (Å²) in [7, 11) is 1.76. The summed E-state index contributed by atoms with van der Waals surface area (Å²) < 4.78 is 5.63. The molecule has 0 spiro atoms. The van der Waals surface area contributed by atoms with E-state index >= 15 is 0 Å². The van der Waals surface area contributed by atoms with Crippen LogP contribution in [0.1, 0.15) is 57.2 Å². The minimum atomic E-state index is -0.0611. The van der Waals surface area contributed by atoms with Gasteiger partial charge in [0.1, 0.15) is 5.75 Å². The van der Waals surface area contributed by atoms with Crippen molar-refractivity contribution in [3.8, 4) is 5.75 Å². The molecule has 3 rings (SSSR count). The predicted molar refractivity (Wildman–Crippen MR) is 113 cm³/mol. The Bertz CT molecular complexity index is 751. The molecule has 3 heteroatoms. The highest BCUT2D eigenvalue weighted by atomic mass is 16.5. The fraction of sp³-hybridized carbons (Fsp3) is 0.500. The van der Waals surface area contributed by atoms with Crippen molar-refractivity contribution in [2.45, 2.75) is 64.1 Å².